The second-order valence-corrected chi connectivity index (χ2v) is 4.04. The van der Waals surface area contributed by atoms with Crippen molar-refractivity contribution in [2.75, 3.05) is 0 Å². The summed E-state index contributed by atoms with van der Waals surface area (Å²) in [5.41, 5.74) is 0.327. The summed E-state index contributed by atoms with van der Waals surface area (Å²) in [6, 6.07) is 4.67. The van der Waals surface area contributed by atoms with Crippen molar-refractivity contribution in [1.82, 2.24) is 4.74 Å². The van der Waals surface area contributed by atoms with Crippen LogP contribution in [0.1, 0.15) is 13.8 Å². The summed E-state index contributed by atoms with van der Waals surface area (Å²) in [6.45, 7) is 4.75. The normalized spacial score (nSPS) is 11.4. The SMILES string of the molecule is CC(C)Cn1oc(=O)c2cc(O)ccc21. The molecule has 0 bridgehead atoms. The highest BCUT2D eigenvalue weighted by molar-refractivity contribution is 5.79. The monoisotopic (exact) mass is 207 g/mol. The van der Waals surface area contributed by atoms with E-state index in [9.17, 15) is 9.90 Å². The second-order valence-electron chi connectivity index (χ2n) is 4.04. The van der Waals surface area contributed by atoms with E-state index in [1.807, 2.05) is 13.8 Å². The van der Waals surface area contributed by atoms with Crippen LogP contribution < -0.4 is 5.63 Å². The van der Waals surface area contributed by atoms with Crippen LogP contribution in [0.25, 0.3) is 10.9 Å². The lowest BCUT2D eigenvalue weighted by atomic mass is 10.2. The van der Waals surface area contributed by atoms with Gasteiger partial charge in [0.1, 0.15) is 5.75 Å². The molecule has 0 aliphatic carbocycles. The van der Waals surface area contributed by atoms with Gasteiger partial charge in [-0.05, 0) is 24.1 Å². The summed E-state index contributed by atoms with van der Waals surface area (Å²) in [4.78, 5) is 11.4. The number of hydrogen-bond acceptors (Lipinski definition) is 3. The van der Waals surface area contributed by atoms with Gasteiger partial charge in [0.25, 0.3) is 0 Å². The number of hydrogen-bond donors (Lipinski definition) is 1. The Morgan fingerprint density at radius 3 is 2.87 bits per heavy atom. The standard InChI is InChI=1S/C11H13NO3/c1-7(2)6-12-10-4-3-8(13)5-9(10)11(14)15-12/h3-5,7,13H,6H2,1-2H3. The van der Waals surface area contributed by atoms with E-state index in [-0.39, 0.29) is 5.75 Å². The molecule has 0 amide bonds. The average molecular weight is 207 g/mol. The van der Waals surface area contributed by atoms with E-state index in [4.69, 9.17) is 4.52 Å². The minimum Gasteiger partial charge on any atom is -0.508 e. The van der Waals surface area contributed by atoms with Crippen molar-refractivity contribution in [3.8, 4) is 5.75 Å². The molecule has 80 valence electrons. The van der Waals surface area contributed by atoms with Crippen molar-refractivity contribution in [2.24, 2.45) is 5.92 Å². The topological polar surface area (TPSA) is 55.4 Å². The molecule has 4 nitrogen and oxygen atoms in total. The summed E-state index contributed by atoms with van der Waals surface area (Å²) in [5.74, 6) is 0.481. The molecule has 15 heavy (non-hydrogen) atoms. The fourth-order valence-electron chi connectivity index (χ4n) is 1.57. The maximum Gasteiger partial charge on any atom is 0.365 e. The average Bonchev–Trinajstić information content (AvgIpc) is 2.42. The zero-order chi connectivity index (χ0) is 11.0. The van der Waals surface area contributed by atoms with E-state index in [0.29, 0.717) is 17.8 Å². The zero-order valence-electron chi connectivity index (χ0n) is 8.73. The molecule has 2 rings (SSSR count). The molecule has 0 saturated heterocycles. The maximum absolute atomic E-state index is 11.4. The van der Waals surface area contributed by atoms with Crippen molar-refractivity contribution in [1.29, 1.82) is 0 Å². The Bertz CT molecular complexity index is 536. The number of phenolic OH excluding ortho intramolecular Hbond substituents is 1. The first-order valence-electron chi connectivity index (χ1n) is 4.91. The molecular formula is C11H13NO3. The molecule has 1 heterocycles. The minimum absolute atomic E-state index is 0.0806. The molecule has 1 aromatic heterocycles. The molecule has 1 N–H and O–H groups in total. The van der Waals surface area contributed by atoms with Gasteiger partial charge in [-0.15, -0.1) is 0 Å². The molecule has 0 saturated carbocycles. The first-order valence-corrected chi connectivity index (χ1v) is 4.91. The van der Waals surface area contributed by atoms with Crippen LogP contribution in [0.3, 0.4) is 0 Å². The third-order valence-electron chi connectivity index (χ3n) is 2.19. The van der Waals surface area contributed by atoms with Crippen LogP contribution in [0.4, 0.5) is 0 Å². The van der Waals surface area contributed by atoms with E-state index >= 15 is 0 Å². The molecule has 0 radical (unpaired) electrons. The lowest BCUT2D eigenvalue weighted by molar-refractivity contribution is 0.238. The summed E-state index contributed by atoms with van der Waals surface area (Å²) >= 11 is 0. The Hall–Kier alpha value is -1.71. The predicted octanol–water partition coefficient (Wildman–Crippen LogP) is 1.96. The molecule has 2 aromatic rings. The Balaban J connectivity index is 2.63. The number of phenols is 1. The molecule has 4 heteroatoms. The molecule has 0 aliphatic rings. The predicted molar refractivity (Wildman–Crippen MR) is 57.0 cm³/mol. The highest BCUT2D eigenvalue weighted by Gasteiger charge is 2.10. The fraction of sp³-hybridized carbons (Fsp3) is 0.364. The van der Waals surface area contributed by atoms with E-state index < -0.39 is 5.63 Å². The van der Waals surface area contributed by atoms with Crippen molar-refractivity contribution in [2.45, 2.75) is 20.4 Å². The van der Waals surface area contributed by atoms with Gasteiger partial charge in [-0.3, -0.25) is 0 Å². The number of fused-ring (bicyclic) bond motifs is 1. The number of aromatic nitrogens is 1. The van der Waals surface area contributed by atoms with Gasteiger partial charge in [-0.25, -0.2) is 9.53 Å². The zero-order valence-corrected chi connectivity index (χ0v) is 8.73. The van der Waals surface area contributed by atoms with Crippen molar-refractivity contribution < 1.29 is 9.63 Å². The largest absolute Gasteiger partial charge is 0.508 e. The number of aromatic hydroxyl groups is 1. The van der Waals surface area contributed by atoms with Gasteiger partial charge in [-0.1, -0.05) is 13.8 Å². The number of nitrogens with zero attached hydrogens (tertiary/aromatic N) is 1. The number of rotatable bonds is 2. The smallest absolute Gasteiger partial charge is 0.365 e. The Morgan fingerprint density at radius 2 is 2.20 bits per heavy atom. The van der Waals surface area contributed by atoms with Gasteiger partial charge in [0.2, 0.25) is 0 Å². The first-order chi connectivity index (χ1) is 7.08. The Kier molecular flexibility index (Phi) is 2.26. The van der Waals surface area contributed by atoms with Crippen LogP contribution in [-0.4, -0.2) is 9.85 Å². The van der Waals surface area contributed by atoms with Crippen LogP contribution in [-0.2, 0) is 6.54 Å². The summed E-state index contributed by atoms with van der Waals surface area (Å²) < 4.78 is 6.65. The highest BCUT2D eigenvalue weighted by atomic mass is 16.5. The number of benzene rings is 1. The molecule has 0 aliphatic heterocycles. The summed E-state index contributed by atoms with van der Waals surface area (Å²) in [6.07, 6.45) is 0. The van der Waals surface area contributed by atoms with Gasteiger partial charge in [0.05, 0.1) is 17.4 Å². The van der Waals surface area contributed by atoms with E-state index in [0.717, 1.165) is 5.52 Å². The van der Waals surface area contributed by atoms with E-state index in [2.05, 4.69) is 0 Å². The van der Waals surface area contributed by atoms with Crippen molar-refractivity contribution >= 4 is 10.9 Å². The summed E-state index contributed by atoms with van der Waals surface area (Å²) in [7, 11) is 0. The van der Waals surface area contributed by atoms with Gasteiger partial charge in [0, 0.05) is 0 Å². The molecule has 0 atom stereocenters. The Morgan fingerprint density at radius 1 is 1.47 bits per heavy atom. The van der Waals surface area contributed by atoms with Crippen molar-refractivity contribution in [3.05, 3.63) is 28.6 Å². The second kappa shape index (κ2) is 3.46. The summed E-state index contributed by atoms with van der Waals surface area (Å²) in [5, 5.41) is 9.68. The Labute approximate surface area is 86.7 Å². The first kappa shape index (κ1) is 9.83. The van der Waals surface area contributed by atoms with Crippen LogP contribution in [0.2, 0.25) is 0 Å². The van der Waals surface area contributed by atoms with E-state index in [1.165, 1.54) is 6.07 Å². The third kappa shape index (κ3) is 1.75. The highest BCUT2D eigenvalue weighted by Crippen LogP contribution is 2.18. The van der Waals surface area contributed by atoms with Crippen LogP contribution in [0.5, 0.6) is 5.75 Å². The van der Waals surface area contributed by atoms with Crippen molar-refractivity contribution in [3.63, 3.8) is 0 Å². The fourth-order valence-corrected chi connectivity index (χ4v) is 1.57. The van der Waals surface area contributed by atoms with E-state index in [1.54, 1.807) is 16.9 Å². The van der Waals surface area contributed by atoms with Gasteiger partial charge in [-0.2, -0.15) is 0 Å². The minimum atomic E-state index is -0.401. The molecular weight excluding hydrogens is 194 g/mol. The lowest BCUT2D eigenvalue weighted by Gasteiger charge is -2.04. The molecule has 0 unspecified atom stereocenters. The maximum atomic E-state index is 11.4. The molecule has 1 aromatic carbocycles. The lowest BCUT2D eigenvalue weighted by Crippen LogP contribution is -2.03. The third-order valence-corrected chi connectivity index (χ3v) is 2.19. The quantitative estimate of drug-likeness (QED) is 0.818. The van der Waals surface area contributed by atoms with Gasteiger partial charge < -0.3 is 9.63 Å². The van der Waals surface area contributed by atoms with Crippen LogP contribution in [0, 0.1) is 5.92 Å². The molecule has 0 fully saturated rings. The van der Waals surface area contributed by atoms with Gasteiger partial charge >= 0.3 is 5.63 Å². The van der Waals surface area contributed by atoms with Crippen LogP contribution >= 0.6 is 0 Å². The van der Waals surface area contributed by atoms with Crippen LogP contribution in [0.15, 0.2) is 27.5 Å². The molecule has 0 spiro atoms. The van der Waals surface area contributed by atoms with Gasteiger partial charge in [0.15, 0.2) is 0 Å².